The Morgan fingerprint density at radius 1 is 1.24 bits per heavy atom. The minimum absolute atomic E-state index is 0.0870. The number of benzene rings is 1. The molecule has 1 saturated heterocycles. The summed E-state index contributed by atoms with van der Waals surface area (Å²) in [4.78, 5) is 13.2. The van der Waals surface area contributed by atoms with Gasteiger partial charge in [0.1, 0.15) is 0 Å². The number of nitrogens with zero attached hydrogens (tertiary/aromatic N) is 1. The molecule has 1 aromatic carbocycles. The van der Waals surface area contributed by atoms with E-state index in [9.17, 15) is 4.80 Å². The number of likely N-dealkylation sites (tertiary alicyclic amines) is 1. The van der Waals surface area contributed by atoms with Crippen molar-refractivity contribution < 1.29 is 4.80 Å². The van der Waals surface area contributed by atoms with Gasteiger partial charge in [-0.2, -0.15) is 0 Å². The Labute approximate surface area is 156 Å². The number of likely N-dealkylation sites (N-methyl/N-ethyl adjacent to an activating group) is 1. The molecule has 4 heteroatoms. The summed E-state index contributed by atoms with van der Waals surface area (Å²) in [5.74, 6) is 0.714. The summed E-state index contributed by atoms with van der Waals surface area (Å²) in [7, 11) is -0.0411. The molecule has 0 bridgehead atoms. The Morgan fingerprint density at radius 3 is 2.36 bits per heavy atom. The molecule has 25 heavy (non-hydrogen) atoms. The molecular weight excluding hydrogens is 324 g/mol. The van der Waals surface area contributed by atoms with Gasteiger partial charge in [0.05, 0.1) is 0 Å². The van der Waals surface area contributed by atoms with Gasteiger partial charge in [0, 0.05) is 19.1 Å². The molecule has 2 N–H and O–H groups in total. The van der Waals surface area contributed by atoms with Gasteiger partial charge >= 0.3 is 0 Å². The van der Waals surface area contributed by atoms with Gasteiger partial charge in [-0.05, 0) is 69.9 Å². The summed E-state index contributed by atoms with van der Waals surface area (Å²) in [5.41, 5.74) is 4.07. The summed E-state index contributed by atoms with van der Waals surface area (Å²) in [6.45, 7) is 16.4. The fourth-order valence-electron chi connectivity index (χ4n) is 4.05. The maximum Gasteiger partial charge on any atom is 0.188 e. The highest BCUT2D eigenvalue weighted by molar-refractivity contribution is 6.72. The molecule has 2 unspecified atom stereocenters. The van der Waals surface area contributed by atoms with Crippen LogP contribution < -0.4 is 5.32 Å². The molecule has 0 saturated carbocycles. The van der Waals surface area contributed by atoms with E-state index in [2.05, 4.69) is 76.3 Å². The number of rotatable bonds is 7. The topological polar surface area (TPSA) is 35.5 Å². The lowest BCUT2D eigenvalue weighted by Gasteiger charge is -2.37. The van der Waals surface area contributed by atoms with Crippen LogP contribution in [0.5, 0.6) is 0 Å². The Balaban J connectivity index is 1.97. The normalized spacial score (nSPS) is 20.9. The molecule has 1 aromatic rings. The molecule has 0 aliphatic carbocycles. The second kappa shape index (κ2) is 7.91. The molecule has 2 rings (SSSR count). The molecule has 142 valence electrons. The molecular formula is C21H38N2OSi. The van der Waals surface area contributed by atoms with Crippen LogP contribution >= 0.6 is 0 Å². The number of nitrogens with one attached hydrogen (secondary N) is 1. The van der Waals surface area contributed by atoms with E-state index in [0.717, 1.165) is 19.5 Å². The fraction of sp³-hybridized carbons (Fsp3) is 0.714. The number of hydrogen-bond donors (Lipinski definition) is 2. The molecule has 0 aromatic heterocycles. The third-order valence-corrected chi connectivity index (χ3v) is 9.78. The van der Waals surface area contributed by atoms with Crippen molar-refractivity contribution >= 4 is 8.32 Å². The zero-order valence-electron chi connectivity index (χ0n) is 17.3. The zero-order chi connectivity index (χ0) is 18.8. The van der Waals surface area contributed by atoms with Crippen molar-refractivity contribution in [1.29, 1.82) is 0 Å². The van der Waals surface area contributed by atoms with E-state index in [0.29, 0.717) is 12.0 Å². The Hall–Kier alpha value is -0.683. The molecule has 1 fully saturated rings. The first-order chi connectivity index (χ1) is 11.5. The van der Waals surface area contributed by atoms with E-state index in [-0.39, 0.29) is 5.04 Å². The van der Waals surface area contributed by atoms with Gasteiger partial charge in [0.25, 0.3) is 0 Å². The molecule has 1 aliphatic heterocycles. The van der Waals surface area contributed by atoms with Gasteiger partial charge in [-0.15, -0.1) is 0 Å². The van der Waals surface area contributed by atoms with Crippen LogP contribution in [0.25, 0.3) is 0 Å². The van der Waals surface area contributed by atoms with Crippen LogP contribution in [-0.2, 0) is 0 Å². The molecule has 0 amide bonds. The average Bonchev–Trinajstić information content (AvgIpc) is 2.89. The third kappa shape index (κ3) is 5.39. The first kappa shape index (κ1) is 20.6. The lowest BCUT2D eigenvalue weighted by Crippen LogP contribution is -2.40. The van der Waals surface area contributed by atoms with Gasteiger partial charge < -0.3 is 15.0 Å². The highest BCUT2D eigenvalue weighted by Crippen LogP contribution is 2.43. The van der Waals surface area contributed by atoms with E-state index >= 15 is 0 Å². The van der Waals surface area contributed by atoms with E-state index in [1.165, 1.54) is 29.7 Å². The fourth-order valence-corrected chi connectivity index (χ4v) is 4.84. The van der Waals surface area contributed by atoms with Crippen molar-refractivity contribution in [3.05, 3.63) is 34.9 Å². The summed E-state index contributed by atoms with van der Waals surface area (Å²) in [6.07, 6.45) is 2.41. The van der Waals surface area contributed by atoms with Crippen LogP contribution in [0.4, 0.5) is 0 Å². The zero-order valence-corrected chi connectivity index (χ0v) is 18.3. The van der Waals surface area contributed by atoms with Crippen molar-refractivity contribution in [3.8, 4) is 0 Å². The van der Waals surface area contributed by atoms with Gasteiger partial charge in [-0.1, -0.05) is 43.2 Å². The maximum absolute atomic E-state index is 10.6. The van der Waals surface area contributed by atoms with Crippen molar-refractivity contribution in [2.45, 2.75) is 64.7 Å². The van der Waals surface area contributed by atoms with Gasteiger partial charge in [-0.3, -0.25) is 0 Å². The summed E-state index contributed by atoms with van der Waals surface area (Å²) < 4.78 is 0. The first-order valence-electron chi connectivity index (χ1n) is 9.72. The minimum atomic E-state index is -2.11. The molecule has 1 aliphatic rings. The number of hydrogen-bond acceptors (Lipinski definition) is 3. The van der Waals surface area contributed by atoms with Crippen molar-refractivity contribution in [2.24, 2.45) is 5.92 Å². The molecule has 2 atom stereocenters. The van der Waals surface area contributed by atoms with Gasteiger partial charge in [0.15, 0.2) is 8.32 Å². The Morgan fingerprint density at radius 2 is 1.84 bits per heavy atom. The van der Waals surface area contributed by atoms with Crippen LogP contribution in [0.15, 0.2) is 18.2 Å². The quantitative estimate of drug-likeness (QED) is 0.712. The van der Waals surface area contributed by atoms with Crippen LogP contribution in [0.2, 0.25) is 18.1 Å². The van der Waals surface area contributed by atoms with Gasteiger partial charge in [0.2, 0.25) is 0 Å². The minimum Gasteiger partial charge on any atom is -0.432 e. The first-order valence-corrected chi connectivity index (χ1v) is 12.7. The second-order valence-electron chi connectivity index (χ2n) is 9.32. The van der Waals surface area contributed by atoms with Crippen molar-refractivity contribution in [1.82, 2.24) is 10.2 Å². The average molecular weight is 363 g/mol. The molecule has 0 spiro atoms. The largest absolute Gasteiger partial charge is 0.432 e. The lowest BCUT2D eigenvalue weighted by molar-refractivity contribution is 0.279. The third-order valence-electron chi connectivity index (χ3n) is 6.26. The highest BCUT2D eigenvalue weighted by Gasteiger charge is 2.40. The molecule has 1 heterocycles. The van der Waals surface area contributed by atoms with E-state index < -0.39 is 8.32 Å². The van der Waals surface area contributed by atoms with Crippen LogP contribution in [0.3, 0.4) is 0 Å². The van der Waals surface area contributed by atoms with Crippen molar-refractivity contribution in [2.75, 3.05) is 26.7 Å². The predicted molar refractivity (Wildman–Crippen MR) is 111 cm³/mol. The number of aryl methyl sites for hydroxylation is 2. The monoisotopic (exact) mass is 362 g/mol. The van der Waals surface area contributed by atoms with E-state index in [1.807, 2.05) is 0 Å². The van der Waals surface area contributed by atoms with Crippen LogP contribution in [0.1, 0.15) is 49.4 Å². The summed E-state index contributed by atoms with van der Waals surface area (Å²) >= 11 is 0. The summed E-state index contributed by atoms with van der Waals surface area (Å²) in [6, 6.07) is 7.24. The lowest BCUT2D eigenvalue weighted by atomic mass is 9.95. The van der Waals surface area contributed by atoms with Crippen molar-refractivity contribution in [3.63, 3.8) is 0 Å². The second-order valence-corrected chi connectivity index (χ2v) is 13.8. The Bertz CT molecular complexity index is 559. The standard InChI is InChI=1S/C21H38N2OSi/c1-16-10-17(2)12-19(11-16)20(22-5)15-23-9-8-18(14-23)13-21(3,4)25(6,7)24/h10-12,18,20,22,24H,8-9,13-15H2,1-7H3. The predicted octanol–water partition coefficient (Wildman–Crippen LogP) is 4.25. The van der Waals surface area contributed by atoms with Gasteiger partial charge in [-0.25, -0.2) is 0 Å². The Kier molecular flexibility index (Phi) is 6.53. The van der Waals surface area contributed by atoms with Crippen LogP contribution in [-0.4, -0.2) is 44.7 Å². The smallest absolute Gasteiger partial charge is 0.188 e. The molecule has 0 radical (unpaired) electrons. The highest BCUT2D eigenvalue weighted by atomic mass is 28.4. The molecule has 3 nitrogen and oxygen atoms in total. The van der Waals surface area contributed by atoms with E-state index in [4.69, 9.17) is 0 Å². The summed E-state index contributed by atoms with van der Waals surface area (Å²) in [5, 5.41) is 3.60. The SMILES string of the molecule is CNC(CN1CCC(CC(C)(C)[Si](C)(C)O)C1)c1cc(C)cc(C)c1. The van der Waals surface area contributed by atoms with Crippen LogP contribution in [0, 0.1) is 19.8 Å². The van der Waals surface area contributed by atoms with E-state index in [1.54, 1.807) is 0 Å². The maximum atomic E-state index is 10.6.